The molecule has 4 heteroatoms. The van der Waals surface area contributed by atoms with Crippen LogP contribution in [0.25, 0.3) is 0 Å². The van der Waals surface area contributed by atoms with E-state index >= 15 is 0 Å². The molecule has 1 heterocycles. The van der Waals surface area contributed by atoms with E-state index in [1.54, 1.807) is 0 Å². The van der Waals surface area contributed by atoms with Crippen molar-refractivity contribution < 1.29 is 9.47 Å². The van der Waals surface area contributed by atoms with E-state index < -0.39 is 0 Å². The number of rotatable bonds is 6. The molecule has 106 valence electrons. The van der Waals surface area contributed by atoms with Crippen molar-refractivity contribution in [2.75, 3.05) is 32.0 Å². The Morgan fingerprint density at radius 1 is 1.16 bits per heavy atom. The van der Waals surface area contributed by atoms with Crippen molar-refractivity contribution in [3.8, 4) is 11.5 Å². The molecular formula is C15H24N2O2. The van der Waals surface area contributed by atoms with E-state index in [0.717, 1.165) is 42.4 Å². The van der Waals surface area contributed by atoms with Crippen LogP contribution in [0.4, 0.5) is 5.69 Å². The Balaban J connectivity index is 2.10. The minimum Gasteiger partial charge on any atom is -0.486 e. The summed E-state index contributed by atoms with van der Waals surface area (Å²) in [7, 11) is 0. The van der Waals surface area contributed by atoms with Crippen LogP contribution in [0.3, 0.4) is 0 Å². The van der Waals surface area contributed by atoms with E-state index in [0.29, 0.717) is 13.2 Å². The Kier molecular flexibility index (Phi) is 4.91. The predicted octanol–water partition coefficient (Wildman–Crippen LogP) is 2.66. The molecule has 0 unspecified atom stereocenters. The van der Waals surface area contributed by atoms with Crippen LogP contribution in [-0.2, 0) is 6.54 Å². The fourth-order valence-corrected chi connectivity index (χ4v) is 2.26. The summed E-state index contributed by atoms with van der Waals surface area (Å²) in [5.74, 6) is 1.59. The molecule has 0 atom stereocenters. The summed E-state index contributed by atoms with van der Waals surface area (Å²) in [5.41, 5.74) is 8.03. The Hall–Kier alpha value is -1.42. The number of anilines is 1. The quantitative estimate of drug-likeness (QED) is 0.802. The van der Waals surface area contributed by atoms with Gasteiger partial charge < -0.3 is 15.2 Å². The normalized spacial score (nSPS) is 13.8. The molecule has 1 aliphatic rings. The van der Waals surface area contributed by atoms with Gasteiger partial charge in [0, 0.05) is 18.3 Å². The van der Waals surface area contributed by atoms with Crippen molar-refractivity contribution in [2.24, 2.45) is 0 Å². The second kappa shape index (κ2) is 6.66. The number of unbranched alkanes of at least 4 members (excludes halogenated alkanes) is 1. The zero-order chi connectivity index (χ0) is 13.7. The van der Waals surface area contributed by atoms with Gasteiger partial charge in [-0.1, -0.05) is 20.3 Å². The first-order valence-electron chi connectivity index (χ1n) is 7.15. The van der Waals surface area contributed by atoms with Gasteiger partial charge in [0.1, 0.15) is 13.2 Å². The second-order valence-electron chi connectivity index (χ2n) is 4.92. The number of ether oxygens (including phenoxy) is 2. The summed E-state index contributed by atoms with van der Waals surface area (Å²) in [4.78, 5) is 2.41. The van der Waals surface area contributed by atoms with Crippen molar-refractivity contribution in [3.63, 3.8) is 0 Å². The third-order valence-corrected chi connectivity index (χ3v) is 3.47. The van der Waals surface area contributed by atoms with Crippen LogP contribution in [-0.4, -0.2) is 31.2 Å². The highest BCUT2D eigenvalue weighted by Crippen LogP contribution is 2.34. The molecule has 0 radical (unpaired) electrons. The average molecular weight is 264 g/mol. The molecule has 0 saturated carbocycles. The first-order valence-corrected chi connectivity index (χ1v) is 7.15. The van der Waals surface area contributed by atoms with E-state index in [1.165, 1.54) is 12.8 Å². The maximum atomic E-state index is 6.11. The monoisotopic (exact) mass is 264 g/mol. The highest BCUT2D eigenvalue weighted by Gasteiger charge is 2.15. The van der Waals surface area contributed by atoms with Crippen LogP contribution in [0, 0.1) is 0 Å². The van der Waals surface area contributed by atoms with Crippen LogP contribution in [0.1, 0.15) is 32.3 Å². The maximum absolute atomic E-state index is 6.11. The number of hydrogen-bond donors (Lipinski definition) is 1. The van der Waals surface area contributed by atoms with Crippen LogP contribution >= 0.6 is 0 Å². The smallest absolute Gasteiger partial charge is 0.163 e. The highest BCUT2D eigenvalue weighted by atomic mass is 16.6. The summed E-state index contributed by atoms with van der Waals surface area (Å²) in [6, 6.07) is 3.91. The van der Waals surface area contributed by atoms with Crippen molar-refractivity contribution in [3.05, 3.63) is 17.7 Å². The Bertz CT molecular complexity index is 421. The predicted molar refractivity (Wildman–Crippen MR) is 77.7 cm³/mol. The molecule has 0 aromatic heterocycles. The molecule has 0 saturated heterocycles. The first-order chi connectivity index (χ1) is 9.24. The fourth-order valence-electron chi connectivity index (χ4n) is 2.26. The minimum absolute atomic E-state index is 0.601. The number of nitrogens with two attached hydrogens (primary N) is 1. The van der Waals surface area contributed by atoms with E-state index in [9.17, 15) is 0 Å². The molecule has 4 nitrogen and oxygen atoms in total. The van der Waals surface area contributed by atoms with Crippen molar-refractivity contribution >= 4 is 5.69 Å². The number of benzene rings is 1. The maximum Gasteiger partial charge on any atom is 0.163 e. The lowest BCUT2D eigenvalue weighted by atomic mass is 10.1. The molecule has 0 bridgehead atoms. The van der Waals surface area contributed by atoms with Gasteiger partial charge >= 0.3 is 0 Å². The van der Waals surface area contributed by atoms with Gasteiger partial charge in [-0.2, -0.15) is 0 Å². The molecule has 2 rings (SSSR count). The average Bonchev–Trinajstić information content (AvgIpc) is 2.43. The molecule has 0 amide bonds. The lowest BCUT2D eigenvalue weighted by molar-refractivity contribution is 0.171. The largest absolute Gasteiger partial charge is 0.486 e. The lowest BCUT2D eigenvalue weighted by Gasteiger charge is -2.24. The Labute approximate surface area is 115 Å². The third kappa shape index (κ3) is 3.53. The zero-order valence-corrected chi connectivity index (χ0v) is 11.9. The number of nitrogens with zero attached hydrogens (tertiary/aromatic N) is 1. The Morgan fingerprint density at radius 2 is 1.84 bits per heavy atom. The summed E-state index contributed by atoms with van der Waals surface area (Å²) in [5, 5.41) is 0. The zero-order valence-electron chi connectivity index (χ0n) is 11.9. The van der Waals surface area contributed by atoms with Gasteiger partial charge in [0.25, 0.3) is 0 Å². The molecule has 1 aromatic rings. The molecule has 1 aliphatic heterocycles. The van der Waals surface area contributed by atoms with E-state index in [4.69, 9.17) is 15.2 Å². The van der Waals surface area contributed by atoms with Gasteiger partial charge in [0.15, 0.2) is 11.5 Å². The molecular weight excluding hydrogens is 240 g/mol. The number of nitrogen functional groups attached to an aromatic ring is 1. The molecule has 0 fully saturated rings. The second-order valence-corrected chi connectivity index (χ2v) is 4.92. The standard InChI is InChI=1S/C15H24N2O2/c1-3-5-6-17(4-2)11-12-9-14-15(10-13(12)16)19-8-7-18-14/h9-10H,3-8,11,16H2,1-2H3. The molecule has 1 aromatic carbocycles. The Morgan fingerprint density at radius 3 is 2.47 bits per heavy atom. The molecule has 19 heavy (non-hydrogen) atoms. The van der Waals surface area contributed by atoms with Crippen molar-refractivity contribution in [1.82, 2.24) is 4.90 Å². The van der Waals surface area contributed by atoms with Gasteiger partial charge in [-0.05, 0) is 31.1 Å². The van der Waals surface area contributed by atoms with Crippen LogP contribution in [0.15, 0.2) is 12.1 Å². The molecule has 0 spiro atoms. The minimum atomic E-state index is 0.601. The van der Waals surface area contributed by atoms with Gasteiger partial charge in [-0.25, -0.2) is 0 Å². The van der Waals surface area contributed by atoms with Crippen molar-refractivity contribution in [2.45, 2.75) is 33.2 Å². The number of hydrogen-bond acceptors (Lipinski definition) is 4. The SMILES string of the molecule is CCCCN(CC)Cc1cc2c(cc1N)OCCO2. The van der Waals surface area contributed by atoms with Crippen LogP contribution < -0.4 is 15.2 Å². The first kappa shape index (κ1) is 14.0. The highest BCUT2D eigenvalue weighted by molar-refractivity contribution is 5.58. The van der Waals surface area contributed by atoms with Gasteiger partial charge in [-0.3, -0.25) is 4.90 Å². The van der Waals surface area contributed by atoms with E-state index in [1.807, 2.05) is 12.1 Å². The van der Waals surface area contributed by atoms with Crippen LogP contribution in [0.2, 0.25) is 0 Å². The third-order valence-electron chi connectivity index (χ3n) is 3.47. The van der Waals surface area contributed by atoms with Gasteiger partial charge in [0.05, 0.1) is 0 Å². The topological polar surface area (TPSA) is 47.7 Å². The summed E-state index contributed by atoms with van der Waals surface area (Å²) in [6.07, 6.45) is 2.44. The van der Waals surface area contributed by atoms with Crippen molar-refractivity contribution in [1.29, 1.82) is 0 Å². The molecule has 2 N–H and O–H groups in total. The van der Waals surface area contributed by atoms with E-state index in [-0.39, 0.29) is 0 Å². The van der Waals surface area contributed by atoms with E-state index in [2.05, 4.69) is 18.7 Å². The molecule has 0 aliphatic carbocycles. The summed E-state index contributed by atoms with van der Waals surface area (Å²) in [6.45, 7) is 8.64. The fraction of sp³-hybridized carbons (Fsp3) is 0.600. The lowest BCUT2D eigenvalue weighted by Crippen LogP contribution is -2.25. The number of fused-ring (bicyclic) bond motifs is 1. The van der Waals surface area contributed by atoms with Gasteiger partial charge in [-0.15, -0.1) is 0 Å². The van der Waals surface area contributed by atoms with Crippen LogP contribution in [0.5, 0.6) is 11.5 Å². The summed E-state index contributed by atoms with van der Waals surface area (Å²) < 4.78 is 11.2. The summed E-state index contributed by atoms with van der Waals surface area (Å²) >= 11 is 0. The van der Waals surface area contributed by atoms with Gasteiger partial charge in [0.2, 0.25) is 0 Å².